The number of thiazole rings is 1. The van der Waals surface area contributed by atoms with Crippen LogP contribution in [0.2, 0.25) is 0 Å². The van der Waals surface area contributed by atoms with E-state index in [1.54, 1.807) is 24.6 Å². The first-order valence-electron chi connectivity index (χ1n) is 11.0. The Morgan fingerprint density at radius 1 is 1.30 bits per heavy atom. The second-order valence-corrected chi connectivity index (χ2v) is 8.95. The van der Waals surface area contributed by atoms with E-state index < -0.39 is 0 Å². The molecule has 1 amide bonds. The molecule has 1 aliphatic heterocycles. The van der Waals surface area contributed by atoms with Crippen molar-refractivity contribution in [2.24, 2.45) is 0 Å². The van der Waals surface area contributed by atoms with Gasteiger partial charge in [-0.1, -0.05) is 38.0 Å². The van der Waals surface area contributed by atoms with Crippen molar-refractivity contribution in [2.75, 3.05) is 7.11 Å². The first kappa shape index (κ1) is 22.6. The molecular weight excluding hydrogens is 430 g/mol. The Labute approximate surface area is 198 Å². The van der Waals surface area contributed by atoms with Crippen LogP contribution in [0.3, 0.4) is 0 Å². The molecule has 0 radical (unpaired) electrons. The molecule has 3 aromatic rings. The number of nitriles is 1. The van der Waals surface area contributed by atoms with Crippen LogP contribution in [-0.4, -0.2) is 28.9 Å². The van der Waals surface area contributed by atoms with E-state index in [0.717, 1.165) is 42.6 Å². The largest absolute Gasteiger partial charge is 0.497 e. The van der Waals surface area contributed by atoms with Gasteiger partial charge in [-0.15, -0.1) is 17.8 Å². The zero-order valence-electron chi connectivity index (χ0n) is 18.7. The lowest BCUT2D eigenvalue weighted by Gasteiger charge is -2.43. The predicted octanol–water partition coefficient (Wildman–Crippen LogP) is 5.35. The van der Waals surface area contributed by atoms with Crippen molar-refractivity contribution >= 4 is 17.2 Å². The van der Waals surface area contributed by atoms with Crippen molar-refractivity contribution in [1.82, 2.24) is 9.88 Å². The fourth-order valence-electron chi connectivity index (χ4n) is 4.48. The van der Waals surface area contributed by atoms with Gasteiger partial charge in [-0.2, -0.15) is 5.26 Å². The summed E-state index contributed by atoms with van der Waals surface area (Å²) in [4.78, 5) is 20.2. The Hall–Kier alpha value is -3.61. The Bertz CT molecular complexity index is 1230. The Kier molecular flexibility index (Phi) is 6.77. The maximum absolute atomic E-state index is 13.9. The summed E-state index contributed by atoms with van der Waals surface area (Å²) in [5.74, 6) is 3.21. The number of amides is 1. The number of terminal acetylenes is 1. The van der Waals surface area contributed by atoms with E-state index in [0.29, 0.717) is 16.3 Å². The second kappa shape index (κ2) is 9.90. The number of unbranched alkanes of at least 4 members (excludes halogenated alkanes) is 1. The number of carbonyl (C=O) groups excluding carboxylic acids is 1. The summed E-state index contributed by atoms with van der Waals surface area (Å²) in [6, 6.07) is 15.4. The molecule has 166 valence electrons. The molecule has 2 atom stereocenters. The van der Waals surface area contributed by atoms with Crippen molar-refractivity contribution in [3.63, 3.8) is 0 Å². The molecule has 0 saturated carbocycles. The van der Waals surface area contributed by atoms with Crippen molar-refractivity contribution in [3.05, 3.63) is 80.8 Å². The number of rotatable bonds is 6. The van der Waals surface area contributed by atoms with E-state index in [2.05, 4.69) is 30.0 Å². The van der Waals surface area contributed by atoms with Crippen molar-refractivity contribution in [1.29, 1.82) is 5.26 Å². The van der Waals surface area contributed by atoms with Crippen LogP contribution in [0.15, 0.2) is 47.8 Å². The first-order chi connectivity index (χ1) is 16.1. The predicted molar refractivity (Wildman–Crippen MR) is 129 cm³/mol. The maximum atomic E-state index is 13.9. The van der Waals surface area contributed by atoms with E-state index in [-0.39, 0.29) is 18.0 Å². The van der Waals surface area contributed by atoms with E-state index in [9.17, 15) is 10.1 Å². The average Bonchev–Trinajstić information content (AvgIpc) is 3.35. The van der Waals surface area contributed by atoms with Gasteiger partial charge >= 0.3 is 0 Å². The quantitative estimate of drug-likeness (QED) is 0.470. The van der Waals surface area contributed by atoms with Crippen LogP contribution in [0.1, 0.15) is 70.0 Å². The number of ether oxygens (including phenoxy) is 1. The highest BCUT2D eigenvalue weighted by Crippen LogP contribution is 2.41. The lowest BCUT2D eigenvalue weighted by atomic mass is 9.82. The molecular formula is C27H25N3O2S. The number of hydrogen-bond acceptors (Lipinski definition) is 5. The molecule has 33 heavy (non-hydrogen) atoms. The number of carbonyl (C=O) groups is 1. The lowest BCUT2D eigenvalue weighted by molar-refractivity contribution is 0.0561. The number of aromatic nitrogens is 1. The van der Waals surface area contributed by atoms with E-state index >= 15 is 0 Å². The first-order valence-corrected chi connectivity index (χ1v) is 11.9. The minimum atomic E-state index is -0.294. The van der Waals surface area contributed by atoms with Gasteiger partial charge in [0.2, 0.25) is 0 Å². The fourth-order valence-corrected chi connectivity index (χ4v) is 5.08. The van der Waals surface area contributed by atoms with E-state index in [4.69, 9.17) is 11.2 Å². The molecule has 0 fully saturated rings. The number of hydrogen-bond donors (Lipinski definition) is 0. The number of methoxy groups -OCH3 is 1. The highest BCUT2D eigenvalue weighted by atomic mass is 32.1. The molecule has 6 heteroatoms. The van der Waals surface area contributed by atoms with Gasteiger partial charge in [0.1, 0.15) is 11.4 Å². The van der Waals surface area contributed by atoms with Crippen LogP contribution < -0.4 is 4.74 Å². The molecule has 0 saturated heterocycles. The van der Waals surface area contributed by atoms with Crippen LogP contribution in [0, 0.1) is 23.7 Å². The molecule has 0 spiro atoms. The van der Waals surface area contributed by atoms with Crippen molar-refractivity contribution < 1.29 is 9.53 Å². The highest BCUT2D eigenvalue weighted by molar-refractivity contribution is 7.10. The Morgan fingerprint density at radius 2 is 2.09 bits per heavy atom. The normalized spacial score (nSPS) is 17.0. The van der Waals surface area contributed by atoms with Crippen LogP contribution in [0.25, 0.3) is 0 Å². The summed E-state index contributed by atoms with van der Waals surface area (Å²) in [5.41, 5.74) is 4.17. The maximum Gasteiger partial charge on any atom is 0.274 e. The monoisotopic (exact) mass is 455 g/mol. The molecule has 2 aromatic carbocycles. The standard InChI is InChI=1S/C27H25N3O2S/c1-4-6-7-21-14-20-15-22(32-3)12-13-23(20)26(19-10-8-18(16-28)9-11-19)30(21)27(31)24-17-33-25(5-2)29-24/h2,8-13,15,17,21,26H,4,6-7,14H2,1,3H3/t21-,26-/m0/s1. The second-order valence-electron chi connectivity index (χ2n) is 8.10. The third-order valence-electron chi connectivity index (χ3n) is 6.10. The van der Waals surface area contributed by atoms with Crippen molar-refractivity contribution in [2.45, 2.75) is 44.7 Å². The van der Waals surface area contributed by atoms with Gasteiger partial charge in [0.15, 0.2) is 5.01 Å². The summed E-state index contributed by atoms with van der Waals surface area (Å²) in [7, 11) is 1.67. The summed E-state index contributed by atoms with van der Waals surface area (Å²) >= 11 is 1.31. The number of benzene rings is 2. The third-order valence-corrected chi connectivity index (χ3v) is 6.87. The summed E-state index contributed by atoms with van der Waals surface area (Å²) in [5, 5.41) is 11.5. The molecule has 2 heterocycles. The lowest BCUT2D eigenvalue weighted by Crippen LogP contribution is -2.48. The summed E-state index contributed by atoms with van der Waals surface area (Å²) in [6.45, 7) is 2.16. The molecule has 4 rings (SSSR count). The van der Waals surface area contributed by atoms with Crippen LogP contribution in [0.4, 0.5) is 0 Å². The highest BCUT2D eigenvalue weighted by Gasteiger charge is 2.39. The van der Waals surface area contributed by atoms with Gasteiger partial charge < -0.3 is 9.64 Å². The van der Waals surface area contributed by atoms with Gasteiger partial charge in [-0.25, -0.2) is 4.98 Å². The van der Waals surface area contributed by atoms with Gasteiger partial charge in [0.25, 0.3) is 5.91 Å². The smallest absolute Gasteiger partial charge is 0.274 e. The molecule has 0 N–H and O–H groups in total. The molecule has 0 bridgehead atoms. The molecule has 5 nitrogen and oxygen atoms in total. The van der Waals surface area contributed by atoms with Crippen LogP contribution in [0.5, 0.6) is 5.75 Å². The number of fused-ring (bicyclic) bond motifs is 1. The summed E-state index contributed by atoms with van der Waals surface area (Å²) < 4.78 is 5.48. The van der Waals surface area contributed by atoms with Crippen molar-refractivity contribution in [3.8, 4) is 24.2 Å². The van der Waals surface area contributed by atoms with Gasteiger partial charge in [0.05, 0.1) is 24.8 Å². The Morgan fingerprint density at radius 3 is 2.73 bits per heavy atom. The van der Waals surface area contributed by atoms with Crippen LogP contribution >= 0.6 is 11.3 Å². The zero-order chi connectivity index (χ0) is 23.4. The van der Waals surface area contributed by atoms with Gasteiger partial charge in [-0.3, -0.25) is 4.79 Å². The minimum absolute atomic E-state index is 0.00804. The molecule has 1 aromatic heterocycles. The fraction of sp³-hybridized carbons (Fsp3) is 0.296. The number of nitrogens with zero attached hydrogens (tertiary/aromatic N) is 3. The third kappa shape index (κ3) is 4.49. The van der Waals surface area contributed by atoms with Gasteiger partial charge in [-0.05, 0) is 59.7 Å². The SMILES string of the molecule is C#Cc1nc(C(=O)N2[C@@H](CCCC)Cc3cc(OC)ccc3[C@@H]2c2ccc(C#N)cc2)cs1. The average molecular weight is 456 g/mol. The van der Waals surface area contributed by atoms with Crippen LogP contribution in [-0.2, 0) is 6.42 Å². The zero-order valence-corrected chi connectivity index (χ0v) is 19.6. The Balaban J connectivity index is 1.87. The molecule has 0 aliphatic carbocycles. The topological polar surface area (TPSA) is 66.2 Å². The molecule has 1 aliphatic rings. The minimum Gasteiger partial charge on any atom is -0.497 e. The van der Waals surface area contributed by atoms with E-state index in [1.165, 1.54) is 16.9 Å². The van der Waals surface area contributed by atoms with E-state index in [1.807, 2.05) is 29.2 Å². The summed E-state index contributed by atoms with van der Waals surface area (Å²) in [6.07, 6.45) is 9.20. The molecule has 0 unspecified atom stereocenters. The van der Waals surface area contributed by atoms with Gasteiger partial charge in [0, 0.05) is 11.4 Å².